The minimum absolute atomic E-state index is 0.0485. The normalized spacial score (nSPS) is 15.1. The third-order valence-corrected chi connectivity index (χ3v) is 7.63. The van der Waals surface area contributed by atoms with Gasteiger partial charge in [-0.05, 0) is 48.6 Å². The van der Waals surface area contributed by atoms with Crippen LogP contribution in [0.15, 0.2) is 48.5 Å². The zero-order valence-corrected chi connectivity index (χ0v) is 21.4. The Morgan fingerprint density at radius 1 is 1.06 bits per heavy atom. The van der Waals surface area contributed by atoms with Crippen LogP contribution in [0.5, 0.6) is 0 Å². The van der Waals surface area contributed by atoms with Gasteiger partial charge in [-0.2, -0.15) is 0 Å². The maximum absolute atomic E-state index is 13.4. The molecule has 1 fully saturated rings. The second kappa shape index (κ2) is 13.3. The van der Waals surface area contributed by atoms with Crippen molar-refractivity contribution in [2.45, 2.75) is 69.8 Å². The maximum Gasteiger partial charge on any atom is 0.243 e. The Bertz CT molecular complexity index is 917. The summed E-state index contributed by atoms with van der Waals surface area (Å²) in [6.45, 7) is 2.34. The van der Waals surface area contributed by atoms with Crippen molar-refractivity contribution in [3.05, 3.63) is 69.7 Å². The molecule has 2 amide bonds. The lowest BCUT2D eigenvalue weighted by molar-refractivity contribution is -0.139. The summed E-state index contributed by atoms with van der Waals surface area (Å²) >= 11 is 13.8. The molecule has 1 aliphatic rings. The van der Waals surface area contributed by atoms with Crippen LogP contribution in [0.2, 0.25) is 10.0 Å². The highest BCUT2D eigenvalue weighted by molar-refractivity contribution is 7.99. The molecule has 2 aromatic rings. The number of rotatable bonds is 10. The molecule has 0 aliphatic heterocycles. The number of nitrogens with one attached hydrogen (secondary N) is 1. The molecule has 1 aliphatic carbocycles. The maximum atomic E-state index is 13.4. The number of benzene rings is 2. The second-order valence-electron chi connectivity index (χ2n) is 8.50. The van der Waals surface area contributed by atoms with Gasteiger partial charge < -0.3 is 10.2 Å². The summed E-state index contributed by atoms with van der Waals surface area (Å²) in [5.41, 5.74) is 1.95. The topological polar surface area (TPSA) is 49.4 Å². The van der Waals surface area contributed by atoms with E-state index in [1.807, 2.05) is 55.5 Å². The third kappa shape index (κ3) is 7.94. The van der Waals surface area contributed by atoms with Crippen molar-refractivity contribution in [3.63, 3.8) is 0 Å². The van der Waals surface area contributed by atoms with Gasteiger partial charge in [-0.3, -0.25) is 9.59 Å². The van der Waals surface area contributed by atoms with Gasteiger partial charge in [0, 0.05) is 28.4 Å². The molecular weight excluding hydrogens is 475 g/mol. The fourth-order valence-electron chi connectivity index (χ4n) is 4.20. The predicted molar refractivity (Wildman–Crippen MR) is 139 cm³/mol. The van der Waals surface area contributed by atoms with E-state index in [0.29, 0.717) is 28.8 Å². The molecule has 4 nitrogen and oxygen atoms in total. The summed E-state index contributed by atoms with van der Waals surface area (Å²) in [5, 5.41) is 4.56. The average molecular weight is 508 g/mol. The average Bonchev–Trinajstić information content (AvgIpc) is 2.82. The first kappa shape index (κ1) is 25.9. The van der Waals surface area contributed by atoms with Crippen molar-refractivity contribution in [1.29, 1.82) is 0 Å². The van der Waals surface area contributed by atoms with Crippen LogP contribution < -0.4 is 5.32 Å². The number of carbonyl (C=O) groups excluding carboxylic acids is 2. The summed E-state index contributed by atoms with van der Waals surface area (Å²) < 4.78 is 0. The SMILES string of the molecule is CC[C@@H](C(=O)NC1CCCCC1)N(Cc1ccc(Cl)cc1)C(=O)CSCc1ccccc1Cl. The first-order valence-corrected chi connectivity index (χ1v) is 13.5. The minimum atomic E-state index is -0.504. The zero-order chi connectivity index (χ0) is 23.6. The molecule has 1 atom stereocenters. The fourth-order valence-corrected chi connectivity index (χ4v) is 5.52. The lowest BCUT2D eigenvalue weighted by atomic mass is 9.95. The number of nitrogens with zero attached hydrogens (tertiary/aromatic N) is 1. The van der Waals surface area contributed by atoms with Gasteiger partial charge in [-0.15, -0.1) is 11.8 Å². The minimum Gasteiger partial charge on any atom is -0.352 e. The van der Waals surface area contributed by atoms with Gasteiger partial charge in [0.1, 0.15) is 6.04 Å². The van der Waals surface area contributed by atoms with E-state index in [4.69, 9.17) is 23.2 Å². The monoisotopic (exact) mass is 506 g/mol. The van der Waals surface area contributed by atoms with Crippen LogP contribution in [0.3, 0.4) is 0 Å². The molecule has 1 N–H and O–H groups in total. The van der Waals surface area contributed by atoms with Crippen molar-refractivity contribution in [1.82, 2.24) is 10.2 Å². The van der Waals surface area contributed by atoms with E-state index < -0.39 is 6.04 Å². The molecule has 178 valence electrons. The number of halogens is 2. The number of carbonyl (C=O) groups is 2. The molecule has 0 spiro atoms. The van der Waals surface area contributed by atoms with Crippen molar-refractivity contribution >= 4 is 46.8 Å². The highest BCUT2D eigenvalue weighted by Crippen LogP contribution is 2.23. The van der Waals surface area contributed by atoms with Crippen molar-refractivity contribution in [3.8, 4) is 0 Å². The van der Waals surface area contributed by atoms with Crippen LogP contribution in [-0.2, 0) is 21.9 Å². The largest absolute Gasteiger partial charge is 0.352 e. The van der Waals surface area contributed by atoms with E-state index >= 15 is 0 Å². The van der Waals surface area contributed by atoms with E-state index in [-0.39, 0.29) is 23.6 Å². The molecule has 0 saturated heterocycles. The number of hydrogen-bond acceptors (Lipinski definition) is 3. The van der Waals surface area contributed by atoms with Gasteiger partial charge in [0.05, 0.1) is 5.75 Å². The molecule has 3 rings (SSSR count). The lowest BCUT2D eigenvalue weighted by Crippen LogP contribution is -2.52. The van der Waals surface area contributed by atoms with Gasteiger partial charge >= 0.3 is 0 Å². The molecule has 0 unspecified atom stereocenters. The van der Waals surface area contributed by atoms with Crippen LogP contribution in [0.4, 0.5) is 0 Å². The van der Waals surface area contributed by atoms with E-state index in [2.05, 4.69) is 5.32 Å². The summed E-state index contributed by atoms with van der Waals surface area (Å²) in [6.07, 6.45) is 6.12. The Hall–Kier alpha value is -1.69. The lowest BCUT2D eigenvalue weighted by Gasteiger charge is -2.32. The summed E-state index contributed by atoms with van der Waals surface area (Å²) in [6, 6.07) is 14.8. The molecule has 0 radical (unpaired) electrons. The molecule has 7 heteroatoms. The van der Waals surface area contributed by atoms with Crippen LogP contribution in [0, 0.1) is 0 Å². The molecule has 0 heterocycles. The van der Waals surface area contributed by atoms with Gasteiger partial charge in [0.25, 0.3) is 0 Å². The highest BCUT2D eigenvalue weighted by atomic mass is 35.5. The zero-order valence-electron chi connectivity index (χ0n) is 19.1. The molecule has 0 bridgehead atoms. The quantitative estimate of drug-likeness (QED) is 0.400. The second-order valence-corrected chi connectivity index (χ2v) is 10.3. The fraction of sp³-hybridized carbons (Fsp3) is 0.462. The van der Waals surface area contributed by atoms with Gasteiger partial charge in [-0.25, -0.2) is 0 Å². The standard InChI is InChI=1S/C26H32Cl2N2O2S/c1-2-24(26(32)29-22-9-4-3-5-10-22)30(16-19-12-14-21(27)15-13-19)25(31)18-33-17-20-8-6-7-11-23(20)28/h6-8,11-15,22,24H,2-5,9-10,16-18H2,1H3,(H,29,32)/t24-/m0/s1. The number of thioether (sulfide) groups is 1. The van der Waals surface area contributed by atoms with Crippen molar-refractivity contribution < 1.29 is 9.59 Å². The third-order valence-electron chi connectivity index (χ3n) is 6.04. The highest BCUT2D eigenvalue weighted by Gasteiger charge is 2.30. The van der Waals surface area contributed by atoms with Gasteiger partial charge in [0.2, 0.25) is 11.8 Å². The first-order valence-electron chi connectivity index (χ1n) is 11.6. The van der Waals surface area contributed by atoms with Crippen molar-refractivity contribution in [2.75, 3.05) is 5.75 Å². The van der Waals surface area contributed by atoms with Crippen LogP contribution in [-0.4, -0.2) is 34.6 Å². The van der Waals surface area contributed by atoms with Crippen LogP contribution >= 0.6 is 35.0 Å². The van der Waals surface area contributed by atoms with E-state index in [1.54, 1.807) is 4.90 Å². The Morgan fingerprint density at radius 2 is 1.76 bits per heavy atom. The smallest absolute Gasteiger partial charge is 0.243 e. The predicted octanol–water partition coefficient (Wildman–Crippen LogP) is 6.48. The Labute approximate surface area is 211 Å². The van der Waals surface area contributed by atoms with E-state index in [0.717, 1.165) is 36.8 Å². The van der Waals surface area contributed by atoms with Gasteiger partial charge in [0.15, 0.2) is 0 Å². The molecule has 33 heavy (non-hydrogen) atoms. The van der Waals surface area contributed by atoms with E-state index in [9.17, 15) is 9.59 Å². The Morgan fingerprint density at radius 3 is 2.42 bits per heavy atom. The van der Waals surface area contributed by atoms with E-state index in [1.165, 1.54) is 18.2 Å². The van der Waals surface area contributed by atoms with Gasteiger partial charge in [-0.1, -0.05) is 79.7 Å². The summed E-state index contributed by atoms with van der Waals surface area (Å²) in [5.74, 6) is 0.826. The Balaban J connectivity index is 1.70. The molecule has 0 aromatic heterocycles. The van der Waals surface area contributed by atoms with Crippen LogP contribution in [0.25, 0.3) is 0 Å². The summed E-state index contributed by atoms with van der Waals surface area (Å²) in [7, 11) is 0. The molecule has 2 aromatic carbocycles. The number of amides is 2. The Kier molecular flexibility index (Phi) is 10.4. The van der Waals surface area contributed by atoms with Crippen LogP contribution in [0.1, 0.15) is 56.6 Å². The van der Waals surface area contributed by atoms with Crippen molar-refractivity contribution in [2.24, 2.45) is 0 Å². The summed E-state index contributed by atoms with van der Waals surface area (Å²) in [4.78, 5) is 28.3. The number of hydrogen-bond donors (Lipinski definition) is 1. The first-order chi connectivity index (χ1) is 16.0. The molecule has 1 saturated carbocycles. The molecular formula is C26H32Cl2N2O2S.